The molecule has 0 aromatic heterocycles. The van der Waals surface area contributed by atoms with Crippen LogP contribution in [0.5, 0.6) is 0 Å². The lowest BCUT2D eigenvalue weighted by atomic mass is 10.0. The highest BCUT2D eigenvalue weighted by atomic mass is 35.5. The highest BCUT2D eigenvalue weighted by Crippen LogP contribution is 2.26. The number of benzene rings is 2. The van der Waals surface area contributed by atoms with Crippen LogP contribution in [0.15, 0.2) is 54.6 Å². The minimum atomic E-state index is -1.00. The van der Waals surface area contributed by atoms with Gasteiger partial charge in [0.05, 0.1) is 12.1 Å². The number of amides is 5. The second kappa shape index (κ2) is 9.09. The maximum absolute atomic E-state index is 12.8. The highest BCUT2D eigenvalue weighted by molar-refractivity contribution is 6.45. The molecule has 2 aromatic carbocycles. The SMILES string of the molecule is CCC(NC(=O)CN1C(=O)C(=O)N(C(C)c2ccccc2)C1=O)c1ccc(Cl)cc1. The molecule has 0 spiro atoms. The Morgan fingerprint density at radius 3 is 2.20 bits per heavy atom. The fraction of sp³-hybridized carbons (Fsp3) is 0.273. The smallest absolute Gasteiger partial charge is 0.335 e. The Morgan fingerprint density at radius 2 is 1.60 bits per heavy atom. The molecule has 1 aliphatic heterocycles. The van der Waals surface area contributed by atoms with Gasteiger partial charge in [0.2, 0.25) is 5.91 Å². The van der Waals surface area contributed by atoms with Crippen molar-refractivity contribution >= 4 is 35.4 Å². The van der Waals surface area contributed by atoms with E-state index in [4.69, 9.17) is 11.6 Å². The van der Waals surface area contributed by atoms with Crippen LogP contribution in [0.1, 0.15) is 43.5 Å². The molecule has 0 radical (unpaired) electrons. The molecule has 3 rings (SSSR count). The number of nitrogens with zero attached hydrogens (tertiary/aromatic N) is 2. The summed E-state index contributed by atoms with van der Waals surface area (Å²) in [6.07, 6.45) is 0.603. The van der Waals surface area contributed by atoms with Crippen LogP contribution in [0, 0.1) is 0 Å². The van der Waals surface area contributed by atoms with Gasteiger partial charge in [0.25, 0.3) is 0 Å². The van der Waals surface area contributed by atoms with Crippen LogP contribution in [-0.2, 0) is 14.4 Å². The molecule has 0 saturated carbocycles. The fourth-order valence-electron chi connectivity index (χ4n) is 3.38. The normalized spacial score (nSPS) is 16.0. The molecule has 0 bridgehead atoms. The van der Waals surface area contributed by atoms with E-state index in [9.17, 15) is 19.2 Å². The Morgan fingerprint density at radius 1 is 0.967 bits per heavy atom. The molecule has 156 valence electrons. The molecular weight excluding hydrogens is 406 g/mol. The molecule has 1 aliphatic rings. The van der Waals surface area contributed by atoms with Gasteiger partial charge in [0.1, 0.15) is 6.54 Å². The summed E-state index contributed by atoms with van der Waals surface area (Å²) in [6.45, 7) is 3.04. The third-order valence-electron chi connectivity index (χ3n) is 5.07. The summed E-state index contributed by atoms with van der Waals surface area (Å²) in [4.78, 5) is 51.7. The number of rotatable bonds is 7. The average Bonchev–Trinajstić information content (AvgIpc) is 2.96. The number of nitrogens with one attached hydrogen (secondary N) is 1. The van der Waals surface area contributed by atoms with Crippen LogP contribution >= 0.6 is 11.6 Å². The standard InChI is InChI=1S/C22H22ClN3O4/c1-3-18(16-9-11-17(23)12-10-16)24-19(27)13-25-20(28)21(29)26(22(25)30)14(2)15-7-5-4-6-8-15/h4-12,14,18H,3,13H2,1-2H3,(H,24,27). The fourth-order valence-corrected chi connectivity index (χ4v) is 3.51. The van der Waals surface area contributed by atoms with E-state index in [1.807, 2.05) is 13.0 Å². The summed E-state index contributed by atoms with van der Waals surface area (Å²) in [7, 11) is 0. The van der Waals surface area contributed by atoms with Gasteiger partial charge >= 0.3 is 17.8 Å². The van der Waals surface area contributed by atoms with Gasteiger partial charge in [0, 0.05) is 5.02 Å². The first-order chi connectivity index (χ1) is 14.3. The minimum absolute atomic E-state index is 0.308. The third-order valence-corrected chi connectivity index (χ3v) is 5.32. The lowest BCUT2D eigenvalue weighted by Crippen LogP contribution is -2.42. The number of urea groups is 1. The molecule has 30 heavy (non-hydrogen) atoms. The van der Waals surface area contributed by atoms with Crippen molar-refractivity contribution in [3.8, 4) is 0 Å². The molecule has 7 nitrogen and oxygen atoms in total. The summed E-state index contributed by atoms with van der Waals surface area (Å²) in [5, 5.41) is 3.39. The molecule has 8 heteroatoms. The largest absolute Gasteiger partial charge is 0.348 e. The van der Waals surface area contributed by atoms with Crippen molar-refractivity contribution in [1.29, 1.82) is 0 Å². The van der Waals surface area contributed by atoms with Crippen LogP contribution in [0.25, 0.3) is 0 Å². The van der Waals surface area contributed by atoms with Gasteiger partial charge in [-0.2, -0.15) is 0 Å². The molecule has 2 unspecified atom stereocenters. The molecular formula is C22H22ClN3O4. The van der Waals surface area contributed by atoms with Crippen molar-refractivity contribution in [2.75, 3.05) is 6.54 Å². The molecule has 1 fully saturated rings. The highest BCUT2D eigenvalue weighted by Gasteiger charge is 2.47. The van der Waals surface area contributed by atoms with E-state index in [0.717, 1.165) is 10.5 Å². The first-order valence-corrected chi connectivity index (χ1v) is 10.00. The Hall–Kier alpha value is -3.19. The van der Waals surface area contributed by atoms with E-state index < -0.39 is 36.3 Å². The topological polar surface area (TPSA) is 86.8 Å². The molecule has 5 amide bonds. The number of hydrogen-bond acceptors (Lipinski definition) is 4. The number of carbonyl (C=O) groups excluding carboxylic acids is 4. The van der Waals surface area contributed by atoms with E-state index in [-0.39, 0.29) is 6.04 Å². The minimum Gasteiger partial charge on any atom is -0.348 e. The monoisotopic (exact) mass is 427 g/mol. The maximum atomic E-state index is 12.8. The average molecular weight is 428 g/mol. The zero-order valence-corrected chi connectivity index (χ0v) is 17.4. The predicted octanol–water partition coefficient (Wildman–Crippen LogP) is 3.46. The number of hydrogen-bond donors (Lipinski definition) is 1. The molecule has 2 aromatic rings. The van der Waals surface area contributed by atoms with Crippen LogP contribution in [0.4, 0.5) is 4.79 Å². The molecule has 1 N–H and O–H groups in total. The van der Waals surface area contributed by atoms with Gasteiger partial charge < -0.3 is 5.32 Å². The number of halogens is 1. The summed E-state index contributed by atoms with van der Waals surface area (Å²) in [5.41, 5.74) is 1.57. The Balaban J connectivity index is 1.70. The van der Waals surface area contributed by atoms with Crippen molar-refractivity contribution in [3.05, 3.63) is 70.7 Å². The van der Waals surface area contributed by atoms with Crippen LogP contribution < -0.4 is 5.32 Å². The summed E-state index contributed by atoms with van der Waals surface area (Å²) in [6, 6.07) is 14.2. The van der Waals surface area contributed by atoms with Crippen molar-refractivity contribution in [3.63, 3.8) is 0 Å². The zero-order valence-electron chi connectivity index (χ0n) is 16.7. The first kappa shape index (κ1) is 21.5. The van der Waals surface area contributed by atoms with Crippen LogP contribution in [0.2, 0.25) is 5.02 Å². The van der Waals surface area contributed by atoms with E-state index in [1.165, 1.54) is 0 Å². The van der Waals surface area contributed by atoms with Crippen LogP contribution in [-0.4, -0.2) is 40.1 Å². The van der Waals surface area contributed by atoms with Gasteiger partial charge in [-0.05, 0) is 36.6 Å². The van der Waals surface area contributed by atoms with Gasteiger partial charge in [0.15, 0.2) is 0 Å². The summed E-state index contributed by atoms with van der Waals surface area (Å²) < 4.78 is 0. The first-order valence-electron chi connectivity index (χ1n) is 9.62. The molecule has 1 saturated heterocycles. The van der Waals surface area contributed by atoms with Crippen molar-refractivity contribution < 1.29 is 19.2 Å². The Bertz CT molecular complexity index is 962. The van der Waals surface area contributed by atoms with Crippen molar-refractivity contribution in [2.24, 2.45) is 0 Å². The summed E-state index contributed by atoms with van der Waals surface area (Å²) in [5.74, 6) is -2.47. The van der Waals surface area contributed by atoms with Gasteiger partial charge in [-0.1, -0.05) is 61.0 Å². The van der Waals surface area contributed by atoms with E-state index in [0.29, 0.717) is 21.9 Å². The molecule has 2 atom stereocenters. The molecule has 0 aliphatic carbocycles. The lowest BCUT2D eigenvalue weighted by Gasteiger charge is -2.23. The van der Waals surface area contributed by atoms with Gasteiger partial charge in [-0.15, -0.1) is 0 Å². The zero-order chi connectivity index (χ0) is 21.8. The predicted molar refractivity (Wildman–Crippen MR) is 111 cm³/mol. The van der Waals surface area contributed by atoms with Crippen molar-refractivity contribution in [2.45, 2.75) is 32.4 Å². The Kier molecular flexibility index (Phi) is 6.52. The number of imide groups is 2. The second-order valence-electron chi connectivity index (χ2n) is 7.02. The second-order valence-corrected chi connectivity index (χ2v) is 7.45. The van der Waals surface area contributed by atoms with Crippen molar-refractivity contribution in [1.82, 2.24) is 15.1 Å². The van der Waals surface area contributed by atoms with E-state index in [1.54, 1.807) is 55.5 Å². The lowest BCUT2D eigenvalue weighted by molar-refractivity contribution is -0.144. The quantitative estimate of drug-likeness (QED) is 0.541. The van der Waals surface area contributed by atoms with Gasteiger partial charge in [-0.25, -0.2) is 14.6 Å². The van der Waals surface area contributed by atoms with Crippen LogP contribution in [0.3, 0.4) is 0 Å². The van der Waals surface area contributed by atoms with E-state index >= 15 is 0 Å². The molecule has 1 heterocycles. The summed E-state index contributed by atoms with van der Waals surface area (Å²) >= 11 is 5.90. The number of carbonyl (C=O) groups is 4. The Labute approximate surface area is 179 Å². The third kappa shape index (κ3) is 4.36. The maximum Gasteiger partial charge on any atom is 0.335 e. The van der Waals surface area contributed by atoms with E-state index in [2.05, 4.69) is 5.32 Å². The van der Waals surface area contributed by atoms with Gasteiger partial charge in [-0.3, -0.25) is 14.4 Å².